The normalized spacial score (nSPS) is 27.0. The third-order valence-electron chi connectivity index (χ3n) is 2.46. The number of carbonyl (C=O) groups is 1. The summed E-state index contributed by atoms with van der Waals surface area (Å²) in [7, 11) is 0. The van der Waals surface area contributed by atoms with Gasteiger partial charge in [-0.05, 0) is 12.8 Å². The van der Waals surface area contributed by atoms with E-state index in [0.29, 0.717) is 13.0 Å². The number of nitrogens with two attached hydrogens (primary N) is 1. The minimum absolute atomic E-state index is 0.118. The zero-order valence-electron chi connectivity index (χ0n) is 7.62. The minimum Gasteiger partial charge on any atom is -0.370 e. The second-order valence-electron chi connectivity index (χ2n) is 3.44. The molecule has 1 aliphatic rings. The third kappa shape index (κ3) is 3.03. The van der Waals surface area contributed by atoms with Crippen LogP contribution < -0.4 is 11.1 Å². The predicted molar refractivity (Wildman–Crippen MR) is 48.6 cm³/mol. The van der Waals surface area contributed by atoms with Gasteiger partial charge in [0.25, 0.3) is 0 Å². The van der Waals surface area contributed by atoms with Crippen LogP contribution in [0.3, 0.4) is 0 Å². The quantitative estimate of drug-likeness (QED) is 0.647. The highest BCUT2D eigenvalue weighted by atomic mass is 16.1. The monoisotopic (exact) mass is 181 g/mol. The van der Waals surface area contributed by atoms with Crippen molar-refractivity contribution in [3.05, 3.63) is 0 Å². The number of nitriles is 1. The Morgan fingerprint density at radius 2 is 2.38 bits per heavy atom. The van der Waals surface area contributed by atoms with Crippen LogP contribution in [0.25, 0.3) is 0 Å². The van der Waals surface area contributed by atoms with Gasteiger partial charge in [0, 0.05) is 19.0 Å². The fourth-order valence-electron chi connectivity index (χ4n) is 1.74. The first-order chi connectivity index (χ1) is 6.24. The van der Waals surface area contributed by atoms with Crippen molar-refractivity contribution in [3.8, 4) is 6.07 Å². The number of hydrogen-bond donors (Lipinski definition) is 2. The molecule has 0 aromatic carbocycles. The van der Waals surface area contributed by atoms with Crippen LogP contribution in [0.15, 0.2) is 0 Å². The Morgan fingerprint density at radius 3 is 3.00 bits per heavy atom. The Bertz CT molecular complexity index is 221. The van der Waals surface area contributed by atoms with Crippen molar-refractivity contribution in [1.29, 1.82) is 5.26 Å². The van der Waals surface area contributed by atoms with Crippen LogP contribution in [0.5, 0.6) is 0 Å². The van der Waals surface area contributed by atoms with E-state index < -0.39 is 0 Å². The molecule has 0 aromatic rings. The van der Waals surface area contributed by atoms with Gasteiger partial charge in [0.05, 0.1) is 12.0 Å². The molecule has 1 amide bonds. The highest BCUT2D eigenvalue weighted by Gasteiger charge is 2.26. The van der Waals surface area contributed by atoms with E-state index in [1.54, 1.807) is 0 Å². The molecule has 0 radical (unpaired) electrons. The summed E-state index contributed by atoms with van der Waals surface area (Å²) in [5.41, 5.74) is 5.00. The van der Waals surface area contributed by atoms with Crippen LogP contribution in [0.2, 0.25) is 0 Å². The summed E-state index contributed by atoms with van der Waals surface area (Å²) >= 11 is 0. The first-order valence-corrected chi connectivity index (χ1v) is 4.65. The SMILES string of the molecule is N#CC1CCCC1NCCC(N)=O. The molecule has 72 valence electrons. The molecule has 2 atom stereocenters. The number of hydrogen-bond acceptors (Lipinski definition) is 3. The number of amides is 1. The number of nitrogens with zero attached hydrogens (tertiary/aromatic N) is 1. The van der Waals surface area contributed by atoms with E-state index in [2.05, 4.69) is 11.4 Å². The van der Waals surface area contributed by atoms with Gasteiger partial charge < -0.3 is 11.1 Å². The van der Waals surface area contributed by atoms with E-state index in [4.69, 9.17) is 11.0 Å². The smallest absolute Gasteiger partial charge is 0.218 e. The fourth-order valence-corrected chi connectivity index (χ4v) is 1.74. The Hall–Kier alpha value is -1.08. The van der Waals surface area contributed by atoms with Crippen LogP contribution in [-0.2, 0) is 4.79 Å². The van der Waals surface area contributed by atoms with Crippen molar-refractivity contribution in [2.24, 2.45) is 11.7 Å². The molecule has 13 heavy (non-hydrogen) atoms. The molecule has 0 heterocycles. The van der Waals surface area contributed by atoms with E-state index in [9.17, 15) is 4.79 Å². The van der Waals surface area contributed by atoms with Gasteiger partial charge in [0.15, 0.2) is 0 Å². The van der Waals surface area contributed by atoms with E-state index in [0.717, 1.165) is 19.3 Å². The molecule has 0 aromatic heterocycles. The van der Waals surface area contributed by atoms with E-state index in [-0.39, 0.29) is 17.9 Å². The summed E-state index contributed by atoms with van der Waals surface area (Å²) in [6.45, 7) is 0.595. The topological polar surface area (TPSA) is 78.9 Å². The van der Waals surface area contributed by atoms with Crippen molar-refractivity contribution in [1.82, 2.24) is 5.32 Å². The van der Waals surface area contributed by atoms with Crippen molar-refractivity contribution >= 4 is 5.91 Å². The highest BCUT2D eigenvalue weighted by Crippen LogP contribution is 2.24. The maximum Gasteiger partial charge on any atom is 0.218 e. The zero-order valence-corrected chi connectivity index (χ0v) is 7.62. The molecule has 0 spiro atoms. The van der Waals surface area contributed by atoms with Gasteiger partial charge in [-0.25, -0.2) is 0 Å². The number of carbonyl (C=O) groups excluding carboxylic acids is 1. The molecule has 4 nitrogen and oxygen atoms in total. The van der Waals surface area contributed by atoms with Crippen molar-refractivity contribution < 1.29 is 4.79 Å². The standard InChI is InChI=1S/C9H15N3O/c10-6-7-2-1-3-8(7)12-5-4-9(11)13/h7-8,12H,1-5H2,(H2,11,13). The Labute approximate surface area is 78.1 Å². The molecular formula is C9H15N3O. The van der Waals surface area contributed by atoms with Gasteiger partial charge in [-0.3, -0.25) is 4.79 Å². The van der Waals surface area contributed by atoms with Crippen LogP contribution in [0, 0.1) is 17.2 Å². The van der Waals surface area contributed by atoms with Crippen molar-refractivity contribution in [2.45, 2.75) is 31.7 Å². The molecule has 4 heteroatoms. The van der Waals surface area contributed by atoms with Gasteiger partial charge in [-0.1, -0.05) is 6.42 Å². The van der Waals surface area contributed by atoms with E-state index in [1.165, 1.54) is 0 Å². The largest absolute Gasteiger partial charge is 0.370 e. The zero-order chi connectivity index (χ0) is 9.68. The lowest BCUT2D eigenvalue weighted by Gasteiger charge is -2.14. The van der Waals surface area contributed by atoms with E-state index >= 15 is 0 Å². The second kappa shape index (κ2) is 4.83. The summed E-state index contributed by atoms with van der Waals surface area (Å²) in [4.78, 5) is 10.4. The van der Waals surface area contributed by atoms with Crippen molar-refractivity contribution in [3.63, 3.8) is 0 Å². The second-order valence-corrected chi connectivity index (χ2v) is 3.44. The summed E-state index contributed by atoms with van der Waals surface area (Å²) in [6, 6.07) is 2.54. The summed E-state index contributed by atoms with van der Waals surface area (Å²) < 4.78 is 0. The lowest BCUT2D eigenvalue weighted by molar-refractivity contribution is -0.117. The molecule has 0 aliphatic heterocycles. The molecule has 0 bridgehead atoms. The first kappa shape index (κ1) is 10.0. The molecule has 3 N–H and O–H groups in total. The van der Waals surface area contributed by atoms with Gasteiger partial charge >= 0.3 is 0 Å². The molecule has 1 saturated carbocycles. The molecule has 2 unspecified atom stereocenters. The predicted octanol–water partition coefficient (Wildman–Crippen LogP) is 0.144. The van der Waals surface area contributed by atoms with Crippen LogP contribution in [-0.4, -0.2) is 18.5 Å². The van der Waals surface area contributed by atoms with Crippen LogP contribution in [0.4, 0.5) is 0 Å². The lowest BCUT2D eigenvalue weighted by Crippen LogP contribution is -2.34. The fraction of sp³-hybridized carbons (Fsp3) is 0.778. The third-order valence-corrected chi connectivity index (χ3v) is 2.46. The average Bonchev–Trinajstić information content (AvgIpc) is 2.51. The molecular weight excluding hydrogens is 166 g/mol. The maximum absolute atomic E-state index is 10.4. The minimum atomic E-state index is -0.293. The molecule has 0 saturated heterocycles. The van der Waals surface area contributed by atoms with Gasteiger partial charge in [-0.15, -0.1) is 0 Å². The number of nitrogens with one attached hydrogen (secondary N) is 1. The maximum atomic E-state index is 10.4. The van der Waals surface area contributed by atoms with E-state index in [1.807, 2.05) is 0 Å². The lowest BCUT2D eigenvalue weighted by atomic mass is 10.1. The average molecular weight is 181 g/mol. The van der Waals surface area contributed by atoms with Crippen molar-refractivity contribution in [2.75, 3.05) is 6.54 Å². The summed E-state index contributed by atoms with van der Waals surface area (Å²) in [5.74, 6) is -0.174. The highest BCUT2D eigenvalue weighted by molar-refractivity contribution is 5.73. The Balaban J connectivity index is 2.21. The molecule has 1 rings (SSSR count). The Morgan fingerprint density at radius 1 is 1.62 bits per heavy atom. The Kier molecular flexibility index (Phi) is 3.71. The number of primary amides is 1. The van der Waals surface area contributed by atoms with Gasteiger partial charge in [0.1, 0.15) is 0 Å². The van der Waals surface area contributed by atoms with Gasteiger partial charge in [-0.2, -0.15) is 5.26 Å². The van der Waals surface area contributed by atoms with Crippen LogP contribution >= 0.6 is 0 Å². The summed E-state index contributed by atoms with van der Waals surface area (Å²) in [6.07, 6.45) is 3.48. The molecule has 1 fully saturated rings. The van der Waals surface area contributed by atoms with Crippen LogP contribution in [0.1, 0.15) is 25.7 Å². The summed E-state index contributed by atoms with van der Waals surface area (Å²) in [5, 5.41) is 12.0. The first-order valence-electron chi connectivity index (χ1n) is 4.65. The van der Waals surface area contributed by atoms with Gasteiger partial charge in [0.2, 0.25) is 5.91 Å². The number of rotatable bonds is 4. The molecule has 1 aliphatic carbocycles.